The molecule has 1 unspecified atom stereocenters. The van der Waals surface area contributed by atoms with Crippen molar-refractivity contribution >= 4 is 15.9 Å². The maximum Gasteiger partial charge on any atom is 0.0839 e. The number of benzene rings is 1. The summed E-state index contributed by atoms with van der Waals surface area (Å²) < 4.78 is 2.98. The lowest BCUT2D eigenvalue weighted by molar-refractivity contribution is 0.574. The summed E-state index contributed by atoms with van der Waals surface area (Å²) in [5, 5.41) is 8.11. The van der Waals surface area contributed by atoms with Gasteiger partial charge in [0.15, 0.2) is 0 Å². The molecule has 0 saturated heterocycles. The van der Waals surface area contributed by atoms with Crippen molar-refractivity contribution in [2.45, 2.75) is 26.3 Å². The Hall–Kier alpha value is -1.13. The maximum atomic E-state index is 4.54. The number of aromatic nitrogens is 2. The van der Waals surface area contributed by atoms with Crippen LogP contribution in [0.1, 0.15) is 36.2 Å². The molecule has 2 rings (SSSR count). The molecule has 1 heterocycles. The number of hydrogen-bond donors (Lipinski definition) is 1. The summed E-state index contributed by atoms with van der Waals surface area (Å²) in [4.78, 5) is 0. The summed E-state index contributed by atoms with van der Waals surface area (Å²) in [6, 6.07) is 8.67. The SMILES string of the molecule is CCCNC(c1ccn(C)n1)c1ccc(C)cc1Br. The number of nitrogens with one attached hydrogen (secondary N) is 1. The lowest BCUT2D eigenvalue weighted by Gasteiger charge is -2.19. The second-order valence-corrected chi connectivity index (χ2v) is 5.68. The Balaban J connectivity index is 2.36. The van der Waals surface area contributed by atoms with E-state index in [1.165, 1.54) is 11.1 Å². The van der Waals surface area contributed by atoms with Crippen molar-refractivity contribution in [2.24, 2.45) is 7.05 Å². The summed E-state index contributed by atoms with van der Waals surface area (Å²) >= 11 is 3.67. The molecule has 0 aliphatic rings. The summed E-state index contributed by atoms with van der Waals surface area (Å²) in [5.41, 5.74) is 3.55. The lowest BCUT2D eigenvalue weighted by Crippen LogP contribution is -2.24. The lowest BCUT2D eigenvalue weighted by atomic mass is 10.0. The van der Waals surface area contributed by atoms with Crippen LogP contribution in [-0.4, -0.2) is 16.3 Å². The van der Waals surface area contributed by atoms with Gasteiger partial charge in [-0.3, -0.25) is 4.68 Å². The van der Waals surface area contributed by atoms with Gasteiger partial charge in [0.1, 0.15) is 0 Å². The van der Waals surface area contributed by atoms with E-state index in [9.17, 15) is 0 Å². The van der Waals surface area contributed by atoms with Crippen LogP contribution in [0, 0.1) is 6.92 Å². The Morgan fingerprint density at radius 2 is 2.16 bits per heavy atom. The van der Waals surface area contributed by atoms with Crippen LogP contribution in [0.3, 0.4) is 0 Å². The number of hydrogen-bond acceptors (Lipinski definition) is 2. The zero-order valence-corrected chi connectivity index (χ0v) is 13.2. The molecule has 1 aromatic carbocycles. The molecule has 0 amide bonds. The summed E-state index contributed by atoms with van der Waals surface area (Å²) in [7, 11) is 1.95. The van der Waals surface area contributed by atoms with Crippen LogP contribution in [0.2, 0.25) is 0 Å². The predicted octanol–water partition coefficient (Wildman–Crippen LogP) is 3.58. The molecule has 0 saturated carbocycles. The molecule has 0 fully saturated rings. The molecule has 102 valence electrons. The molecule has 0 bridgehead atoms. The second kappa shape index (κ2) is 6.35. The minimum Gasteiger partial charge on any atom is -0.305 e. The fraction of sp³-hybridized carbons (Fsp3) is 0.400. The van der Waals surface area contributed by atoms with Crippen molar-refractivity contribution in [3.63, 3.8) is 0 Å². The van der Waals surface area contributed by atoms with Gasteiger partial charge >= 0.3 is 0 Å². The molecule has 0 aliphatic carbocycles. The Bertz CT molecular complexity index is 548. The highest BCUT2D eigenvalue weighted by atomic mass is 79.9. The average Bonchev–Trinajstić information content (AvgIpc) is 2.78. The molecule has 2 aromatic rings. The molecule has 1 N–H and O–H groups in total. The van der Waals surface area contributed by atoms with Gasteiger partial charge in [-0.1, -0.05) is 35.0 Å². The van der Waals surface area contributed by atoms with Crippen molar-refractivity contribution in [3.05, 3.63) is 51.8 Å². The fourth-order valence-corrected chi connectivity index (χ4v) is 2.84. The smallest absolute Gasteiger partial charge is 0.0839 e. The van der Waals surface area contributed by atoms with Crippen LogP contribution >= 0.6 is 15.9 Å². The first-order valence-corrected chi connectivity index (χ1v) is 7.40. The highest BCUT2D eigenvalue weighted by Crippen LogP contribution is 2.28. The molecule has 0 aliphatic heterocycles. The average molecular weight is 322 g/mol. The number of rotatable bonds is 5. The summed E-state index contributed by atoms with van der Waals surface area (Å²) in [6.07, 6.45) is 3.09. The van der Waals surface area contributed by atoms with Gasteiger partial charge in [0.05, 0.1) is 11.7 Å². The van der Waals surface area contributed by atoms with Gasteiger partial charge in [-0.2, -0.15) is 5.10 Å². The van der Waals surface area contributed by atoms with E-state index in [4.69, 9.17) is 0 Å². The topological polar surface area (TPSA) is 29.9 Å². The zero-order valence-electron chi connectivity index (χ0n) is 11.7. The predicted molar refractivity (Wildman–Crippen MR) is 82.2 cm³/mol. The molecule has 1 aromatic heterocycles. The molecule has 0 spiro atoms. The van der Waals surface area contributed by atoms with Gasteiger partial charge in [-0.05, 0) is 43.1 Å². The van der Waals surface area contributed by atoms with Crippen molar-refractivity contribution < 1.29 is 0 Å². The van der Waals surface area contributed by atoms with Gasteiger partial charge < -0.3 is 5.32 Å². The molecule has 3 nitrogen and oxygen atoms in total. The molecule has 0 radical (unpaired) electrons. The second-order valence-electron chi connectivity index (χ2n) is 4.83. The highest BCUT2D eigenvalue weighted by molar-refractivity contribution is 9.10. The Kier molecular flexibility index (Phi) is 4.77. The van der Waals surface area contributed by atoms with Crippen molar-refractivity contribution in [1.29, 1.82) is 0 Å². The third-order valence-electron chi connectivity index (χ3n) is 3.10. The third-order valence-corrected chi connectivity index (χ3v) is 3.78. The van der Waals surface area contributed by atoms with Crippen LogP contribution in [0.5, 0.6) is 0 Å². The van der Waals surface area contributed by atoms with E-state index in [1.54, 1.807) is 0 Å². The quantitative estimate of drug-likeness (QED) is 0.912. The van der Waals surface area contributed by atoms with E-state index >= 15 is 0 Å². The van der Waals surface area contributed by atoms with Crippen LogP contribution in [0.25, 0.3) is 0 Å². The first-order valence-electron chi connectivity index (χ1n) is 6.60. The Labute approximate surface area is 123 Å². The fourth-order valence-electron chi connectivity index (χ4n) is 2.12. The molecular weight excluding hydrogens is 302 g/mol. The van der Waals surface area contributed by atoms with Crippen molar-refractivity contribution in [3.8, 4) is 0 Å². The van der Waals surface area contributed by atoms with E-state index in [1.807, 2.05) is 17.9 Å². The van der Waals surface area contributed by atoms with E-state index in [0.717, 1.165) is 23.1 Å². The largest absolute Gasteiger partial charge is 0.305 e. The summed E-state index contributed by atoms with van der Waals surface area (Å²) in [6.45, 7) is 5.25. The van der Waals surface area contributed by atoms with E-state index in [2.05, 4.69) is 64.5 Å². The van der Waals surface area contributed by atoms with Gasteiger partial charge in [0.25, 0.3) is 0 Å². The Morgan fingerprint density at radius 3 is 2.74 bits per heavy atom. The molecule has 19 heavy (non-hydrogen) atoms. The first kappa shape index (κ1) is 14.3. The van der Waals surface area contributed by atoms with Crippen LogP contribution in [0.15, 0.2) is 34.9 Å². The number of halogens is 1. The Morgan fingerprint density at radius 1 is 1.37 bits per heavy atom. The van der Waals surface area contributed by atoms with Crippen LogP contribution in [0.4, 0.5) is 0 Å². The van der Waals surface area contributed by atoms with Gasteiger partial charge in [-0.25, -0.2) is 0 Å². The van der Waals surface area contributed by atoms with Crippen molar-refractivity contribution in [1.82, 2.24) is 15.1 Å². The zero-order chi connectivity index (χ0) is 13.8. The summed E-state index contributed by atoms with van der Waals surface area (Å²) in [5.74, 6) is 0. The van der Waals surface area contributed by atoms with Gasteiger partial charge in [0, 0.05) is 17.7 Å². The minimum absolute atomic E-state index is 0.135. The van der Waals surface area contributed by atoms with Crippen LogP contribution < -0.4 is 5.32 Å². The van der Waals surface area contributed by atoms with E-state index < -0.39 is 0 Å². The van der Waals surface area contributed by atoms with Gasteiger partial charge in [0.2, 0.25) is 0 Å². The standard InChI is InChI=1S/C15H20BrN3/c1-4-8-17-15(14-7-9-19(3)18-14)12-6-5-11(2)10-13(12)16/h5-7,9-10,15,17H,4,8H2,1-3H3. The maximum absolute atomic E-state index is 4.54. The highest BCUT2D eigenvalue weighted by Gasteiger charge is 2.18. The minimum atomic E-state index is 0.135. The molecule has 1 atom stereocenters. The van der Waals surface area contributed by atoms with Crippen molar-refractivity contribution in [2.75, 3.05) is 6.54 Å². The third kappa shape index (κ3) is 3.45. The number of nitrogens with zero attached hydrogens (tertiary/aromatic N) is 2. The monoisotopic (exact) mass is 321 g/mol. The molecule has 4 heteroatoms. The van der Waals surface area contributed by atoms with Crippen LogP contribution in [-0.2, 0) is 7.05 Å². The number of aryl methyl sites for hydroxylation is 2. The van der Waals surface area contributed by atoms with Gasteiger partial charge in [-0.15, -0.1) is 0 Å². The van der Waals surface area contributed by atoms with E-state index in [0.29, 0.717) is 0 Å². The normalized spacial score (nSPS) is 12.6. The first-order chi connectivity index (χ1) is 9.11. The van der Waals surface area contributed by atoms with E-state index in [-0.39, 0.29) is 6.04 Å². The molecular formula is C15H20BrN3.